The average Bonchev–Trinajstić information content (AvgIpc) is 3.54. The molecule has 1 amide bonds. The SMILES string of the molecule is C[C@@H]1CN([C@@H](C)CO)C(=O)c2cc(NS(=O)(=O)c3ccc(F)cc3)ccc2O[C@@H](C)CCCCO[C@H]1CN(C)Cc1ccc2c(c1)OCO2. The zero-order chi connectivity index (χ0) is 35.1. The van der Waals surface area contributed by atoms with Crippen LogP contribution in [0.3, 0.4) is 0 Å². The molecule has 0 spiro atoms. The maximum atomic E-state index is 14.4. The first-order valence-electron chi connectivity index (χ1n) is 16.6. The Bertz CT molecular complexity index is 1690. The maximum absolute atomic E-state index is 14.4. The number of nitrogens with zero attached hydrogens (tertiary/aromatic N) is 2. The molecule has 0 saturated heterocycles. The summed E-state index contributed by atoms with van der Waals surface area (Å²) in [4.78, 5) is 18.0. The molecular formula is C36H46FN3O8S. The standard InChI is InChI=1S/C36H46FN3O8S/c1-24-19-40(25(2)22-41)36(42)31-18-29(38-49(43,44)30-12-9-28(37)10-13-30)11-15-32(31)48-26(3)7-5-6-16-45-35(24)21-39(4)20-27-8-14-33-34(17-27)47-23-46-33/h8-15,17-18,24-26,35,38,41H,5-7,16,19-23H2,1-4H3/t24-,25+,26+,35+/m1/s1. The predicted octanol–water partition coefficient (Wildman–Crippen LogP) is 5.28. The Morgan fingerprint density at radius 2 is 1.76 bits per heavy atom. The van der Waals surface area contributed by atoms with Gasteiger partial charge in [-0.25, -0.2) is 12.8 Å². The minimum absolute atomic E-state index is 0.121. The van der Waals surface area contributed by atoms with Crippen molar-refractivity contribution < 1.29 is 41.7 Å². The summed E-state index contributed by atoms with van der Waals surface area (Å²) in [6, 6.07) is 14.4. The normalized spacial score (nSPS) is 21.1. The Labute approximate surface area is 288 Å². The van der Waals surface area contributed by atoms with Gasteiger partial charge in [-0.15, -0.1) is 0 Å². The van der Waals surface area contributed by atoms with Gasteiger partial charge in [0.15, 0.2) is 11.5 Å². The van der Waals surface area contributed by atoms with Crippen LogP contribution in [0, 0.1) is 11.7 Å². The molecule has 4 atom stereocenters. The highest BCUT2D eigenvalue weighted by Crippen LogP contribution is 2.33. The van der Waals surface area contributed by atoms with Crippen LogP contribution in [0.5, 0.6) is 17.2 Å². The lowest BCUT2D eigenvalue weighted by molar-refractivity contribution is -0.0177. The summed E-state index contributed by atoms with van der Waals surface area (Å²) in [6.07, 6.45) is 1.93. The molecule has 2 aliphatic heterocycles. The lowest BCUT2D eigenvalue weighted by atomic mass is 10.0. The smallest absolute Gasteiger partial charge is 0.261 e. The van der Waals surface area contributed by atoms with Gasteiger partial charge in [0, 0.05) is 37.8 Å². The fraction of sp³-hybridized carbons (Fsp3) is 0.472. The Morgan fingerprint density at radius 3 is 2.51 bits per heavy atom. The number of rotatable bonds is 9. The number of likely N-dealkylation sites (N-methyl/N-ethyl adjacent to an activating group) is 1. The topological polar surface area (TPSA) is 127 Å². The van der Waals surface area contributed by atoms with E-state index in [2.05, 4.69) is 9.62 Å². The third-order valence-corrected chi connectivity index (χ3v) is 10.2. The summed E-state index contributed by atoms with van der Waals surface area (Å²) >= 11 is 0. The molecule has 0 radical (unpaired) electrons. The minimum atomic E-state index is -4.08. The van der Waals surface area contributed by atoms with Crippen LogP contribution in [-0.4, -0.2) is 87.6 Å². The molecule has 0 fully saturated rings. The van der Waals surface area contributed by atoms with E-state index in [9.17, 15) is 22.7 Å². The van der Waals surface area contributed by atoms with Crippen LogP contribution in [0.4, 0.5) is 10.1 Å². The molecule has 2 aliphatic rings. The van der Waals surface area contributed by atoms with Crippen molar-refractivity contribution >= 4 is 21.6 Å². The molecule has 3 aromatic rings. The fourth-order valence-corrected chi connectivity index (χ4v) is 7.05. The Kier molecular flexibility index (Phi) is 12.0. The van der Waals surface area contributed by atoms with Crippen molar-refractivity contribution in [3.05, 3.63) is 77.6 Å². The number of nitrogens with one attached hydrogen (secondary N) is 1. The number of sulfonamides is 1. The van der Waals surface area contributed by atoms with Crippen molar-refractivity contribution in [2.45, 2.75) is 69.7 Å². The van der Waals surface area contributed by atoms with Gasteiger partial charge < -0.3 is 29.0 Å². The summed E-state index contributed by atoms with van der Waals surface area (Å²) in [5.41, 5.74) is 1.38. The second-order valence-corrected chi connectivity index (χ2v) is 14.6. The molecule has 0 aliphatic carbocycles. The minimum Gasteiger partial charge on any atom is -0.490 e. The quantitative estimate of drug-likeness (QED) is 0.307. The van der Waals surface area contributed by atoms with Crippen LogP contribution in [-0.2, 0) is 21.3 Å². The fourth-order valence-electron chi connectivity index (χ4n) is 6.00. The molecule has 0 bridgehead atoms. The highest BCUT2D eigenvalue weighted by atomic mass is 32.2. The van der Waals surface area contributed by atoms with E-state index in [1.807, 2.05) is 39.1 Å². The van der Waals surface area contributed by atoms with Gasteiger partial charge in [-0.2, -0.15) is 0 Å². The second-order valence-electron chi connectivity index (χ2n) is 13.0. The van der Waals surface area contributed by atoms with Crippen LogP contribution in [0.15, 0.2) is 65.6 Å². The Morgan fingerprint density at radius 1 is 1.02 bits per heavy atom. The molecular weight excluding hydrogens is 653 g/mol. The maximum Gasteiger partial charge on any atom is 0.261 e. The van der Waals surface area contributed by atoms with Crippen LogP contribution >= 0.6 is 0 Å². The summed E-state index contributed by atoms with van der Waals surface area (Å²) in [5.74, 6) is 0.671. The number of ether oxygens (including phenoxy) is 4. The van der Waals surface area contributed by atoms with Crippen LogP contribution in [0.2, 0.25) is 0 Å². The summed E-state index contributed by atoms with van der Waals surface area (Å²) in [5, 5.41) is 10.2. The van der Waals surface area contributed by atoms with E-state index < -0.39 is 27.8 Å². The first kappa shape index (κ1) is 36.4. The molecule has 2 N–H and O–H groups in total. The zero-order valence-corrected chi connectivity index (χ0v) is 29.2. The molecule has 49 heavy (non-hydrogen) atoms. The average molecular weight is 700 g/mol. The van der Waals surface area contributed by atoms with Crippen molar-refractivity contribution in [2.75, 3.05) is 44.9 Å². The van der Waals surface area contributed by atoms with Gasteiger partial charge in [0.1, 0.15) is 11.6 Å². The predicted molar refractivity (Wildman–Crippen MR) is 183 cm³/mol. The molecule has 0 unspecified atom stereocenters. The van der Waals surface area contributed by atoms with Gasteiger partial charge in [-0.05, 0) is 100 Å². The van der Waals surface area contributed by atoms with Crippen molar-refractivity contribution in [3.63, 3.8) is 0 Å². The van der Waals surface area contributed by atoms with E-state index in [1.54, 1.807) is 17.9 Å². The number of hydrogen-bond donors (Lipinski definition) is 2. The monoisotopic (exact) mass is 699 g/mol. The zero-order valence-electron chi connectivity index (χ0n) is 28.4. The van der Waals surface area contributed by atoms with Crippen LogP contribution < -0.4 is 18.9 Å². The lowest BCUT2D eigenvalue weighted by Crippen LogP contribution is -2.47. The molecule has 0 saturated carbocycles. The van der Waals surface area contributed by atoms with Crippen LogP contribution in [0.1, 0.15) is 56.0 Å². The van der Waals surface area contributed by atoms with Gasteiger partial charge in [0.25, 0.3) is 15.9 Å². The molecule has 11 nitrogen and oxygen atoms in total. The number of aliphatic hydroxyl groups excluding tert-OH is 1. The largest absolute Gasteiger partial charge is 0.490 e. The summed E-state index contributed by atoms with van der Waals surface area (Å²) < 4.78 is 65.9. The van der Waals surface area contributed by atoms with Gasteiger partial charge in [-0.3, -0.25) is 14.4 Å². The number of fused-ring (bicyclic) bond motifs is 2. The number of halogens is 1. The van der Waals surface area contributed by atoms with Crippen LogP contribution in [0.25, 0.3) is 0 Å². The van der Waals surface area contributed by atoms with Gasteiger partial charge in [0.2, 0.25) is 6.79 Å². The van der Waals surface area contributed by atoms with Crippen molar-refractivity contribution in [2.24, 2.45) is 5.92 Å². The van der Waals surface area contributed by atoms with Crippen molar-refractivity contribution in [1.82, 2.24) is 9.80 Å². The summed E-state index contributed by atoms with van der Waals surface area (Å²) in [6.45, 7) is 7.72. The number of anilines is 1. The van der Waals surface area contributed by atoms with E-state index in [4.69, 9.17) is 18.9 Å². The Balaban J connectivity index is 1.40. The van der Waals surface area contributed by atoms with E-state index in [0.29, 0.717) is 25.4 Å². The third kappa shape index (κ3) is 9.41. The molecule has 266 valence electrons. The third-order valence-electron chi connectivity index (χ3n) is 8.81. The van der Waals surface area contributed by atoms with E-state index in [0.717, 1.165) is 48.5 Å². The number of carbonyl (C=O) groups excluding carboxylic acids is 1. The first-order chi connectivity index (χ1) is 23.4. The molecule has 5 rings (SSSR count). The number of aliphatic hydroxyl groups is 1. The van der Waals surface area contributed by atoms with Gasteiger partial charge in [-0.1, -0.05) is 13.0 Å². The van der Waals surface area contributed by atoms with Gasteiger partial charge in [0.05, 0.1) is 35.3 Å². The first-order valence-corrected chi connectivity index (χ1v) is 18.1. The van der Waals surface area contributed by atoms with E-state index >= 15 is 0 Å². The number of benzene rings is 3. The number of carbonyl (C=O) groups is 1. The molecule has 2 heterocycles. The molecule has 13 heteroatoms. The van der Waals surface area contributed by atoms with Gasteiger partial charge >= 0.3 is 0 Å². The number of amides is 1. The summed E-state index contributed by atoms with van der Waals surface area (Å²) in [7, 11) is -2.06. The van der Waals surface area contributed by atoms with E-state index in [1.165, 1.54) is 24.3 Å². The Hall–Kier alpha value is -3.91. The van der Waals surface area contributed by atoms with Crippen molar-refractivity contribution in [3.8, 4) is 17.2 Å². The second kappa shape index (κ2) is 16.2. The molecule has 3 aromatic carbocycles. The lowest BCUT2D eigenvalue weighted by Gasteiger charge is -2.36. The van der Waals surface area contributed by atoms with E-state index in [-0.39, 0.29) is 54.2 Å². The number of hydrogen-bond acceptors (Lipinski definition) is 9. The molecule has 0 aromatic heterocycles. The highest BCUT2D eigenvalue weighted by Gasteiger charge is 2.31. The highest BCUT2D eigenvalue weighted by molar-refractivity contribution is 7.92. The van der Waals surface area contributed by atoms with Crippen molar-refractivity contribution in [1.29, 1.82) is 0 Å².